The highest BCUT2D eigenvalue weighted by Gasteiger charge is 2.24. The summed E-state index contributed by atoms with van der Waals surface area (Å²) in [6.45, 7) is 3.39. The number of hydrogen-bond acceptors (Lipinski definition) is 5. The van der Waals surface area contributed by atoms with Gasteiger partial charge in [-0.1, -0.05) is 18.2 Å². The molecule has 1 atom stereocenters. The number of para-hydroxylation sites is 1. The lowest BCUT2D eigenvalue weighted by Gasteiger charge is -2.33. The zero-order chi connectivity index (χ0) is 19.5. The number of aromatic nitrogens is 1. The smallest absolute Gasteiger partial charge is 0.271 e. The molecule has 3 aromatic rings. The van der Waals surface area contributed by atoms with Gasteiger partial charge in [-0.15, -0.1) is 11.3 Å². The van der Waals surface area contributed by atoms with E-state index in [0.29, 0.717) is 12.3 Å². The van der Waals surface area contributed by atoms with Crippen LogP contribution < -0.4 is 15.0 Å². The largest absolute Gasteiger partial charge is 0.494 e. The van der Waals surface area contributed by atoms with Gasteiger partial charge >= 0.3 is 0 Å². The second kappa shape index (κ2) is 8.02. The number of fused-ring (bicyclic) bond motifs is 1. The third-order valence-electron chi connectivity index (χ3n) is 4.85. The third kappa shape index (κ3) is 3.87. The van der Waals surface area contributed by atoms with Crippen molar-refractivity contribution in [3.8, 4) is 16.3 Å². The summed E-state index contributed by atoms with van der Waals surface area (Å²) in [6, 6.07) is 16.2. The second-order valence-electron chi connectivity index (χ2n) is 6.88. The van der Waals surface area contributed by atoms with Crippen molar-refractivity contribution < 1.29 is 9.53 Å². The normalized spacial score (nSPS) is 15.8. The predicted octanol–water partition coefficient (Wildman–Crippen LogP) is 4.00. The maximum absolute atomic E-state index is 12.7. The topological polar surface area (TPSA) is 54.5 Å². The number of benzene rings is 2. The Balaban J connectivity index is 1.44. The molecule has 0 spiro atoms. The van der Waals surface area contributed by atoms with E-state index in [1.165, 1.54) is 22.6 Å². The number of ether oxygens (including phenoxy) is 1. The van der Waals surface area contributed by atoms with Gasteiger partial charge in [0.1, 0.15) is 16.5 Å². The molecule has 1 aliphatic rings. The van der Waals surface area contributed by atoms with Crippen molar-refractivity contribution in [2.24, 2.45) is 0 Å². The Morgan fingerprint density at radius 2 is 2.04 bits per heavy atom. The fourth-order valence-electron chi connectivity index (χ4n) is 3.54. The molecular weight excluding hydrogens is 370 g/mol. The first kappa shape index (κ1) is 18.5. The van der Waals surface area contributed by atoms with Crippen molar-refractivity contribution in [2.75, 3.05) is 25.1 Å². The highest BCUT2D eigenvalue weighted by atomic mass is 32.1. The van der Waals surface area contributed by atoms with Crippen LogP contribution in [0.5, 0.6) is 5.75 Å². The highest BCUT2D eigenvalue weighted by molar-refractivity contribution is 7.13. The number of rotatable bonds is 5. The van der Waals surface area contributed by atoms with E-state index in [4.69, 9.17) is 4.74 Å². The first-order chi connectivity index (χ1) is 13.6. The summed E-state index contributed by atoms with van der Waals surface area (Å²) >= 11 is 1.48. The van der Waals surface area contributed by atoms with E-state index < -0.39 is 0 Å². The maximum Gasteiger partial charge on any atom is 0.271 e. The number of carbonyl (C=O) groups excluding carboxylic acids is 1. The SMILES string of the molecule is CCOc1ccc(-c2nc(C(=O)NC3Cc4ccccc4N(C)C3)cs2)cc1. The van der Waals surface area contributed by atoms with E-state index in [1.54, 1.807) is 0 Å². The van der Waals surface area contributed by atoms with Crippen LogP contribution >= 0.6 is 11.3 Å². The van der Waals surface area contributed by atoms with Gasteiger partial charge in [-0.2, -0.15) is 0 Å². The Morgan fingerprint density at radius 3 is 2.82 bits per heavy atom. The molecule has 2 aromatic carbocycles. The monoisotopic (exact) mass is 393 g/mol. The molecule has 4 rings (SSSR count). The molecule has 5 nitrogen and oxygen atoms in total. The molecule has 0 fully saturated rings. The Morgan fingerprint density at radius 1 is 1.25 bits per heavy atom. The highest BCUT2D eigenvalue weighted by Crippen LogP contribution is 2.27. The summed E-state index contributed by atoms with van der Waals surface area (Å²) in [5.74, 6) is 0.716. The van der Waals surface area contributed by atoms with Gasteiger partial charge in [-0.25, -0.2) is 4.98 Å². The quantitative estimate of drug-likeness (QED) is 0.712. The summed E-state index contributed by atoms with van der Waals surface area (Å²) in [5, 5.41) is 5.79. The molecule has 0 saturated carbocycles. The molecule has 0 saturated heterocycles. The zero-order valence-electron chi connectivity index (χ0n) is 16.0. The molecular formula is C22H23N3O2S. The maximum atomic E-state index is 12.7. The lowest BCUT2D eigenvalue weighted by atomic mass is 9.98. The van der Waals surface area contributed by atoms with Crippen molar-refractivity contribution in [1.29, 1.82) is 0 Å². The number of nitrogens with one attached hydrogen (secondary N) is 1. The molecule has 0 bridgehead atoms. The van der Waals surface area contributed by atoms with E-state index >= 15 is 0 Å². The summed E-state index contributed by atoms with van der Waals surface area (Å²) in [6.07, 6.45) is 0.835. The van der Waals surface area contributed by atoms with Crippen molar-refractivity contribution in [3.63, 3.8) is 0 Å². The van der Waals surface area contributed by atoms with Crippen molar-refractivity contribution in [2.45, 2.75) is 19.4 Å². The molecule has 1 N–H and O–H groups in total. The number of amides is 1. The average Bonchev–Trinajstić information content (AvgIpc) is 3.19. The summed E-state index contributed by atoms with van der Waals surface area (Å²) < 4.78 is 5.47. The van der Waals surface area contributed by atoms with Gasteiger partial charge in [0.15, 0.2) is 0 Å². The van der Waals surface area contributed by atoms with Gasteiger partial charge in [-0.05, 0) is 49.2 Å². The van der Waals surface area contributed by atoms with Crippen LogP contribution in [0.3, 0.4) is 0 Å². The first-order valence-electron chi connectivity index (χ1n) is 9.42. The number of carbonyl (C=O) groups is 1. The summed E-state index contributed by atoms with van der Waals surface area (Å²) in [5.41, 5.74) is 3.95. The lowest BCUT2D eigenvalue weighted by molar-refractivity contribution is 0.0933. The lowest BCUT2D eigenvalue weighted by Crippen LogP contribution is -2.47. The zero-order valence-corrected chi connectivity index (χ0v) is 16.8. The number of hydrogen-bond donors (Lipinski definition) is 1. The van der Waals surface area contributed by atoms with E-state index in [2.05, 4.69) is 34.4 Å². The number of likely N-dealkylation sites (N-methyl/N-ethyl adjacent to an activating group) is 1. The molecule has 0 aliphatic carbocycles. The Bertz CT molecular complexity index is 968. The number of anilines is 1. The minimum Gasteiger partial charge on any atom is -0.494 e. The molecule has 1 aliphatic heterocycles. The van der Waals surface area contributed by atoms with E-state index in [1.807, 2.05) is 48.7 Å². The molecule has 1 aromatic heterocycles. The van der Waals surface area contributed by atoms with Crippen LogP contribution in [0.2, 0.25) is 0 Å². The van der Waals surface area contributed by atoms with Crippen LogP contribution in [-0.2, 0) is 6.42 Å². The van der Waals surface area contributed by atoms with E-state index in [9.17, 15) is 4.79 Å². The van der Waals surface area contributed by atoms with Gasteiger partial charge in [0.05, 0.1) is 12.6 Å². The van der Waals surface area contributed by atoms with Crippen molar-refractivity contribution in [3.05, 3.63) is 65.2 Å². The Hall–Kier alpha value is -2.86. The average molecular weight is 394 g/mol. The van der Waals surface area contributed by atoms with Gasteiger partial charge < -0.3 is 15.0 Å². The molecule has 28 heavy (non-hydrogen) atoms. The minimum absolute atomic E-state index is 0.0722. The van der Waals surface area contributed by atoms with Gasteiger partial charge in [-0.3, -0.25) is 4.79 Å². The fraction of sp³-hybridized carbons (Fsp3) is 0.273. The van der Waals surface area contributed by atoms with E-state index in [-0.39, 0.29) is 11.9 Å². The van der Waals surface area contributed by atoms with Gasteiger partial charge in [0, 0.05) is 30.2 Å². The summed E-state index contributed by atoms with van der Waals surface area (Å²) in [7, 11) is 2.06. The Labute approximate surface area is 169 Å². The van der Waals surface area contributed by atoms with Crippen LogP contribution in [0.25, 0.3) is 10.6 Å². The summed E-state index contributed by atoms with van der Waals surface area (Å²) in [4.78, 5) is 19.4. The number of nitrogens with zero attached hydrogens (tertiary/aromatic N) is 2. The van der Waals surface area contributed by atoms with Crippen molar-refractivity contribution >= 4 is 22.9 Å². The molecule has 144 valence electrons. The van der Waals surface area contributed by atoms with Crippen LogP contribution in [0.15, 0.2) is 53.9 Å². The van der Waals surface area contributed by atoms with Gasteiger partial charge in [0.25, 0.3) is 5.91 Å². The predicted molar refractivity (Wildman–Crippen MR) is 113 cm³/mol. The molecule has 2 heterocycles. The number of thiazole rings is 1. The van der Waals surface area contributed by atoms with E-state index in [0.717, 1.165) is 29.3 Å². The third-order valence-corrected chi connectivity index (χ3v) is 5.74. The van der Waals surface area contributed by atoms with Crippen LogP contribution in [-0.4, -0.2) is 37.1 Å². The standard InChI is InChI=1S/C22H23N3O2S/c1-3-27-18-10-8-15(9-11-18)22-24-19(14-28-22)21(26)23-17-12-16-6-4-5-7-20(16)25(2)13-17/h4-11,14,17H,3,12-13H2,1-2H3,(H,23,26). The van der Waals surface area contributed by atoms with Gasteiger partial charge in [0.2, 0.25) is 0 Å². The molecule has 1 amide bonds. The van der Waals surface area contributed by atoms with Crippen LogP contribution in [0.1, 0.15) is 23.0 Å². The first-order valence-corrected chi connectivity index (χ1v) is 10.3. The molecule has 6 heteroatoms. The van der Waals surface area contributed by atoms with Crippen LogP contribution in [0, 0.1) is 0 Å². The van der Waals surface area contributed by atoms with Crippen molar-refractivity contribution in [1.82, 2.24) is 10.3 Å². The minimum atomic E-state index is -0.119. The Kier molecular flexibility index (Phi) is 5.30. The molecule has 0 radical (unpaired) electrons. The van der Waals surface area contributed by atoms with Crippen LogP contribution in [0.4, 0.5) is 5.69 Å². The molecule has 1 unspecified atom stereocenters. The fourth-order valence-corrected chi connectivity index (χ4v) is 4.35. The second-order valence-corrected chi connectivity index (χ2v) is 7.74.